The van der Waals surface area contributed by atoms with Crippen LogP contribution in [0.25, 0.3) is 0 Å². The summed E-state index contributed by atoms with van der Waals surface area (Å²) in [6, 6.07) is 6.43. The monoisotopic (exact) mass is 262 g/mol. The predicted molar refractivity (Wildman–Crippen MR) is 66.0 cm³/mol. The highest BCUT2D eigenvalue weighted by Gasteiger charge is 2.12. The first-order valence-electron chi connectivity index (χ1n) is 5.97. The third-order valence-corrected chi connectivity index (χ3v) is 2.45. The van der Waals surface area contributed by atoms with Gasteiger partial charge >= 0.3 is 5.97 Å². The molecule has 0 bridgehead atoms. The average Bonchev–Trinajstić information content (AvgIpc) is 2.85. The number of carbonyl (C=O) groups is 1. The number of nitrogens with zero attached hydrogens (tertiary/aromatic N) is 2. The van der Waals surface area contributed by atoms with Crippen LogP contribution in [0.15, 0.2) is 28.8 Å². The molecule has 0 radical (unpaired) electrons. The van der Waals surface area contributed by atoms with Crippen molar-refractivity contribution in [2.24, 2.45) is 0 Å². The van der Waals surface area contributed by atoms with E-state index in [1.54, 1.807) is 18.2 Å². The molecule has 2 rings (SSSR count). The largest absolute Gasteiger partial charge is 0.485 e. The molecule has 0 fully saturated rings. The van der Waals surface area contributed by atoms with Crippen molar-refractivity contribution in [1.29, 1.82) is 0 Å². The Morgan fingerprint density at radius 3 is 2.95 bits per heavy atom. The predicted octanol–water partition coefficient (Wildman–Crippen LogP) is 2.30. The lowest BCUT2D eigenvalue weighted by molar-refractivity contribution is 0.0691. The van der Waals surface area contributed by atoms with E-state index in [2.05, 4.69) is 10.1 Å². The summed E-state index contributed by atoms with van der Waals surface area (Å²) in [7, 11) is 0. The Morgan fingerprint density at radius 1 is 1.42 bits per heavy atom. The summed E-state index contributed by atoms with van der Waals surface area (Å²) >= 11 is 0. The third kappa shape index (κ3) is 3.31. The van der Waals surface area contributed by atoms with Gasteiger partial charge in [0.25, 0.3) is 0 Å². The lowest BCUT2D eigenvalue weighted by Gasteiger charge is -2.06. The molecular weight excluding hydrogens is 248 g/mol. The molecular formula is C13H14N2O4. The van der Waals surface area contributed by atoms with E-state index in [-0.39, 0.29) is 17.9 Å². The molecule has 6 heteroatoms. The standard InChI is InChI=1S/C13H14N2O4/c1-2-5-12-14-11(15-19-12)8-18-10-7-4-3-6-9(10)13(16)17/h3-4,6-7H,2,5,8H2,1H3,(H,16,17). The number of hydrogen-bond donors (Lipinski definition) is 1. The minimum absolute atomic E-state index is 0.0809. The zero-order valence-electron chi connectivity index (χ0n) is 10.5. The van der Waals surface area contributed by atoms with Crippen molar-refractivity contribution in [2.75, 3.05) is 0 Å². The molecule has 1 aromatic carbocycles. The first-order valence-corrected chi connectivity index (χ1v) is 5.97. The summed E-state index contributed by atoms with van der Waals surface area (Å²) in [5.74, 6) is 0.225. The molecule has 0 saturated carbocycles. The smallest absolute Gasteiger partial charge is 0.339 e. The number of carboxylic acids is 1. The third-order valence-electron chi connectivity index (χ3n) is 2.45. The highest BCUT2D eigenvalue weighted by atomic mass is 16.5. The van der Waals surface area contributed by atoms with Crippen molar-refractivity contribution in [3.63, 3.8) is 0 Å². The molecule has 0 aliphatic carbocycles. The fourth-order valence-corrected chi connectivity index (χ4v) is 1.58. The van der Waals surface area contributed by atoms with Crippen LogP contribution in [0.1, 0.15) is 35.4 Å². The van der Waals surface area contributed by atoms with Crippen molar-refractivity contribution >= 4 is 5.97 Å². The van der Waals surface area contributed by atoms with Gasteiger partial charge in [-0.2, -0.15) is 4.98 Å². The summed E-state index contributed by atoms with van der Waals surface area (Å²) in [6.45, 7) is 2.10. The van der Waals surface area contributed by atoms with Crippen LogP contribution in [0.2, 0.25) is 0 Å². The van der Waals surface area contributed by atoms with Crippen LogP contribution in [-0.4, -0.2) is 21.2 Å². The van der Waals surface area contributed by atoms with Gasteiger partial charge in [-0.15, -0.1) is 0 Å². The fraction of sp³-hybridized carbons (Fsp3) is 0.308. The second-order valence-corrected chi connectivity index (χ2v) is 3.94. The molecule has 1 N–H and O–H groups in total. The van der Waals surface area contributed by atoms with E-state index < -0.39 is 5.97 Å². The lowest BCUT2D eigenvalue weighted by atomic mass is 10.2. The number of benzene rings is 1. The van der Waals surface area contributed by atoms with Gasteiger partial charge in [-0.05, 0) is 18.6 Å². The van der Waals surface area contributed by atoms with Gasteiger partial charge in [-0.3, -0.25) is 0 Å². The highest BCUT2D eigenvalue weighted by molar-refractivity contribution is 5.90. The molecule has 1 aromatic heterocycles. The molecule has 100 valence electrons. The van der Waals surface area contributed by atoms with Crippen LogP contribution in [-0.2, 0) is 13.0 Å². The van der Waals surface area contributed by atoms with Crippen LogP contribution in [0, 0.1) is 0 Å². The van der Waals surface area contributed by atoms with Gasteiger partial charge in [0, 0.05) is 6.42 Å². The second-order valence-electron chi connectivity index (χ2n) is 3.94. The van der Waals surface area contributed by atoms with Gasteiger partial charge in [0.15, 0.2) is 6.61 Å². The summed E-state index contributed by atoms with van der Waals surface area (Å²) in [5, 5.41) is 12.8. The van der Waals surface area contributed by atoms with E-state index in [0.717, 1.165) is 12.8 Å². The molecule has 19 heavy (non-hydrogen) atoms. The zero-order valence-corrected chi connectivity index (χ0v) is 10.5. The maximum absolute atomic E-state index is 11.0. The summed E-state index contributed by atoms with van der Waals surface area (Å²) in [5.41, 5.74) is 0.111. The maximum atomic E-state index is 11.0. The van der Waals surface area contributed by atoms with Crippen LogP contribution >= 0.6 is 0 Å². The van der Waals surface area contributed by atoms with Crippen molar-refractivity contribution in [1.82, 2.24) is 10.1 Å². The van der Waals surface area contributed by atoms with E-state index in [0.29, 0.717) is 11.7 Å². The number of hydrogen-bond acceptors (Lipinski definition) is 5. The van der Waals surface area contributed by atoms with Crippen molar-refractivity contribution < 1.29 is 19.2 Å². The second kappa shape index (κ2) is 5.99. The first kappa shape index (κ1) is 13.1. The van der Waals surface area contributed by atoms with Crippen LogP contribution in [0.5, 0.6) is 5.75 Å². The Labute approximate surface area is 110 Å². The van der Waals surface area contributed by atoms with Crippen LogP contribution in [0.3, 0.4) is 0 Å². The summed E-state index contributed by atoms with van der Waals surface area (Å²) < 4.78 is 10.4. The van der Waals surface area contributed by atoms with E-state index in [1.165, 1.54) is 6.07 Å². The van der Waals surface area contributed by atoms with E-state index in [9.17, 15) is 4.79 Å². The molecule has 1 heterocycles. The minimum Gasteiger partial charge on any atom is -0.485 e. The van der Waals surface area contributed by atoms with Gasteiger partial charge in [0.2, 0.25) is 11.7 Å². The topological polar surface area (TPSA) is 85.5 Å². The SMILES string of the molecule is CCCc1nc(COc2ccccc2C(=O)O)no1. The normalized spacial score (nSPS) is 10.4. The van der Waals surface area contributed by atoms with E-state index in [1.807, 2.05) is 6.92 Å². The fourth-order valence-electron chi connectivity index (χ4n) is 1.58. The van der Waals surface area contributed by atoms with E-state index >= 15 is 0 Å². The zero-order chi connectivity index (χ0) is 13.7. The van der Waals surface area contributed by atoms with Crippen molar-refractivity contribution in [3.8, 4) is 5.75 Å². The number of rotatable bonds is 6. The Kier molecular flexibility index (Phi) is 4.12. The Morgan fingerprint density at radius 2 is 2.21 bits per heavy atom. The van der Waals surface area contributed by atoms with Crippen LogP contribution in [0.4, 0.5) is 0 Å². The van der Waals surface area contributed by atoms with Gasteiger partial charge in [0.1, 0.15) is 11.3 Å². The first-order chi connectivity index (χ1) is 9.20. The molecule has 0 atom stereocenters. The Hall–Kier alpha value is -2.37. The van der Waals surface area contributed by atoms with Gasteiger partial charge < -0.3 is 14.4 Å². The molecule has 0 unspecified atom stereocenters. The van der Waals surface area contributed by atoms with E-state index in [4.69, 9.17) is 14.4 Å². The molecule has 0 aliphatic rings. The van der Waals surface area contributed by atoms with Crippen molar-refractivity contribution in [2.45, 2.75) is 26.4 Å². The minimum atomic E-state index is -1.03. The molecule has 6 nitrogen and oxygen atoms in total. The highest BCUT2D eigenvalue weighted by Crippen LogP contribution is 2.18. The molecule has 0 aliphatic heterocycles. The number of carboxylic acid groups (broad SMARTS) is 1. The molecule has 2 aromatic rings. The molecule has 0 spiro atoms. The molecule has 0 saturated heterocycles. The number of aromatic carboxylic acids is 1. The number of aryl methyl sites for hydroxylation is 1. The lowest BCUT2D eigenvalue weighted by Crippen LogP contribution is -2.04. The Bertz CT molecular complexity index is 565. The van der Waals surface area contributed by atoms with Gasteiger partial charge in [-0.1, -0.05) is 24.2 Å². The van der Waals surface area contributed by atoms with Gasteiger partial charge in [-0.25, -0.2) is 4.79 Å². The number of para-hydroxylation sites is 1. The van der Waals surface area contributed by atoms with Gasteiger partial charge in [0.05, 0.1) is 0 Å². The number of aromatic nitrogens is 2. The molecule has 0 amide bonds. The quantitative estimate of drug-likeness (QED) is 0.859. The van der Waals surface area contributed by atoms with Crippen molar-refractivity contribution in [3.05, 3.63) is 41.5 Å². The maximum Gasteiger partial charge on any atom is 0.339 e. The van der Waals surface area contributed by atoms with Crippen LogP contribution < -0.4 is 4.74 Å². The number of ether oxygens (including phenoxy) is 1. The summed E-state index contributed by atoms with van der Waals surface area (Å²) in [4.78, 5) is 15.1. The summed E-state index contributed by atoms with van der Waals surface area (Å²) in [6.07, 6.45) is 1.64. The average molecular weight is 262 g/mol. The Balaban J connectivity index is 2.03.